The van der Waals surface area contributed by atoms with E-state index in [9.17, 15) is 9.59 Å². The molecule has 0 aliphatic carbocycles. The van der Waals surface area contributed by atoms with E-state index < -0.39 is 0 Å². The fourth-order valence-electron chi connectivity index (χ4n) is 2.79. The van der Waals surface area contributed by atoms with Crippen LogP contribution in [-0.2, 0) is 9.59 Å². The fourth-order valence-corrected chi connectivity index (χ4v) is 2.79. The quantitative estimate of drug-likeness (QED) is 0.765. The van der Waals surface area contributed by atoms with Crippen molar-refractivity contribution >= 4 is 11.8 Å². The summed E-state index contributed by atoms with van der Waals surface area (Å²) < 4.78 is 0. The van der Waals surface area contributed by atoms with Gasteiger partial charge in [-0.15, -0.1) is 0 Å². The van der Waals surface area contributed by atoms with Crippen LogP contribution in [0, 0.1) is 0 Å². The lowest BCUT2D eigenvalue weighted by Crippen LogP contribution is -2.56. The predicted octanol–water partition coefficient (Wildman–Crippen LogP) is 0.209. The molecule has 0 aromatic rings. The molecule has 1 N–H and O–H groups in total. The highest BCUT2D eigenvalue weighted by molar-refractivity contribution is 5.88. The van der Waals surface area contributed by atoms with E-state index in [1.807, 2.05) is 11.8 Å². The number of carbonyl (C=O) groups excluding carboxylic acids is 2. The standard InChI is InChI=1S/C13H23N3O2/c1-2-12(17)16-8-4-3-5-11(16)13(18)15-9-6-14-7-10-15/h11,14H,2-10H2,1H3. The average Bonchev–Trinajstić information content (AvgIpc) is 2.46. The zero-order valence-electron chi connectivity index (χ0n) is 11.2. The van der Waals surface area contributed by atoms with Crippen LogP contribution in [0.25, 0.3) is 0 Å². The minimum Gasteiger partial charge on any atom is -0.338 e. The van der Waals surface area contributed by atoms with Crippen molar-refractivity contribution in [3.63, 3.8) is 0 Å². The summed E-state index contributed by atoms with van der Waals surface area (Å²) in [6, 6.07) is -0.204. The molecule has 0 spiro atoms. The zero-order valence-corrected chi connectivity index (χ0v) is 11.2. The Hall–Kier alpha value is -1.10. The Morgan fingerprint density at radius 1 is 1.17 bits per heavy atom. The van der Waals surface area contributed by atoms with E-state index in [-0.39, 0.29) is 17.9 Å². The maximum atomic E-state index is 12.5. The molecule has 2 amide bonds. The molecule has 2 heterocycles. The molecule has 2 rings (SSSR count). The molecule has 0 bridgehead atoms. The fraction of sp³-hybridized carbons (Fsp3) is 0.846. The van der Waals surface area contributed by atoms with Crippen molar-refractivity contribution in [2.24, 2.45) is 0 Å². The lowest BCUT2D eigenvalue weighted by atomic mass is 10.00. The molecule has 2 aliphatic rings. The molecule has 102 valence electrons. The van der Waals surface area contributed by atoms with Gasteiger partial charge in [-0.25, -0.2) is 0 Å². The van der Waals surface area contributed by atoms with Crippen molar-refractivity contribution < 1.29 is 9.59 Å². The van der Waals surface area contributed by atoms with Gasteiger partial charge in [-0.05, 0) is 19.3 Å². The van der Waals surface area contributed by atoms with Gasteiger partial charge >= 0.3 is 0 Å². The van der Waals surface area contributed by atoms with E-state index in [2.05, 4.69) is 5.32 Å². The number of piperidine rings is 1. The summed E-state index contributed by atoms with van der Waals surface area (Å²) in [5, 5.41) is 3.24. The first kappa shape index (κ1) is 13.3. The molecule has 0 aromatic heterocycles. The number of piperazine rings is 1. The van der Waals surface area contributed by atoms with Crippen LogP contribution in [0.1, 0.15) is 32.6 Å². The van der Waals surface area contributed by atoms with Gasteiger partial charge in [0.25, 0.3) is 0 Å². The molecule has 0 aromatic carbocycles. The Labute approximate surface area is 108 Å². The number of hydrogen-bond acceptors (Lipinski definition) is 3. The van der Waals surface area contributed by atoms with Crippen molar-refractivity contribution in [1.82, 2.24) is 15.1 Å². The monoisotopic (exact) mass is 253 g/mol. The van der Waals surface area contributed by atoms with Gasteiger partial charge in [-0.3, -0.25) is 9.59 Å². The van der Waals surface area contributed by atoms with Crippen LogP contribution in [0.2, 0.25) is 0 Å². The molecule has 2 saturated heterocycles. The third-order valence-corrected chi connectivity index (χ3v) is 3.84. The largest absolute Gasteiger partial charge is 0.338 e. The van der Waals surface area contributed by atoms with Crippen LogP contribution in [0.3, 0.4) is 0 Å². The van der Waals surface area contributed by atoms with E-state index in [4.69, 9.17) is 0 Å². The lowest BCUT2D eigenvalue weighted by molar-refractivity contribution is -0.147. The summed E-state index contributed by atoms with van der Waals surface area (Å²) in [7, 11) is 0. The first-order chi connectivity index (χ1) is 8.74. The summed E-state index contributed by atoms with van der Waals surface area (Å²) in [5.41, 5.74) is 0. The van der Waals surface area contributed by atoms with Crippen LogP contribution >= 0.6 is 0 Å². The van der Waals surface area contributed by atoms with Crippen LogP contribution in [0.4, 0.5) is 0 Å². The molecule has 18 heavy (non-hydrogen) atoms. The SMILES string of the molecule is CCC(=O)N1CCCCC1C(=O)N1CCNCC1. The van der Waals surface area contributed by atoms with E-state index in [0.29, 0.717) is 6.42 Å². The second kappa shape index (κ2) is 6.18. The Kier molecular flexibility index (Phi) is 4.58. The highest BCUT2D eigenvalue weighted by Gasteiger charge is 2.34. The Bertz CT molecular complexity index is 313. The Balaban J connectivity index is 2.03. The van der Waals surface area contributed by atoms with Gasteiger partial charge in [0.15, 0.2) is 0 Å². The molecular formula is C13H23N3O2. The van der Waals surface area contributed by atoms with Crippen molar-refractivity contribution in [2.75, 3.05) is 32.7 Å². The highest BCUT2D eigenvalue weighted by atomic mass is 16.2. The number of likely N-dealkylation sites (tertiary alicyclic amines) is 1. The molecular weight excluding hydrogens is 230 g/mol. The predicted molar refractivity (Wildman–Crippen MR) is 69.1 cm³/mol. The van der Waals surface area contributed by atoms with Crippen molar-refractivity contribution in [3.8, 4) is 0 Å². The van der Waals surface area contributed by atoms with E-state index in [0.717, 1.165) is 52.0 Å². The topological polar surface area (TPSA) is 52.7 Å². The highest BCUT2D eigenvalue weighted by Crippen LogP contribution is 2.20. The number of nitrogens with one attached hydrogen (secondary N) is 1. The number of nitrogens with zero attached hydrogens (tertiary/aromatic N) is 2. The zero-order chi connectivity index (χ0) is 13.0. The molecule has 5 heteroatoms. The summed E-state index contributed by atoms with van der Waals surface area (Å²) in [5.74, 6) is 0.265. The summed E-state index contributed by atoms with van der Waals surface area (Å²) in [6.45, 7) is 5.87. The van der Waals surface area contributed by atoms with Gasteiger partial charge in [-0.1, -0.05) is 6.92 Å². The van der Waals surface area contributed by atoms with Gasteiger partial charge in [-0.2, -0.15) is 0 Å². The summed E-state index contributed by atoms with van der Waals surface area (Å²) >= 11 is 0. The van der Waals surface area contributed by atoms with Gasteiger partial charge in [0.05, 0.1) is 0 Å². The first-order valence-electron chi connectivity index (χ1n) is 7.03. The van der Waals surface area contributed by atoms with Crippen LogP contribution in [0.5, 0.6) is 0 Å². The normalized spacial score (nSPS) is 25.1. The number of carbonyl (C=O) groups is 2. The van der Waals surface area contributed by atoms with Crippen molar-refractivity contribution in [3.05, 3.63) is 0 Å². The Morgan fingerprint density at radius 3 is 2.56 bits per heavy atom. The minimum atomic E-state index is -0.204. The van der Waals surface area contributed by atoms with E-state index in [1.54, 1.807) is 4.90 Å². The van der Waals surface area contributed by atoms with Crippen molar-refractivity contribution in [2.45, 2.75) is 38.6 Å². The minimum absolute atomic E-state index is 0.114. The third-order valence-electron chi connectivity index (χ3n) is 3.84. The molecule has 2 aliphatic heterocycles. The van der Waals surface area contributed by atoms with Crippen LogP contribution in [-0.4, -0.2) is 60.4 Å². The lowest BCUT2D eigenvalue weighted by Gasteiger charge is -2.38. The summed E-state index contributed by atoms with van der Waals surface area (Å²) in [6.07, 6.45) is 3.40. The molecule has 0 radical (unpaired) electrons. The van der Waals surface area contributed by atoms with Crippen molar-refractivity contribution in [1.29, 1.82) is 0 Å². The maximum Gasteiger partial charge on any atom is 0.245 e. The second-order valence-corrected chi connectivity index (χ2v) is 5.03. The number of amides is 2. The van der Waals surface area contributed by atoms with Gasteiger partial charge < -0.3 is 15.1 Å². The third kappa shape index (κ3) is 2.83. The number of rotatable bonds is 2. The Morgan fingerprint density at radius 2 is 1.89 bits per heavy atom. The first-order valence-corrected chi connectivity index (χ1v) is 7.03. The molecule has 5 nitrogen and oxygen atoms in total. The van der Waals surface area contributed by atoms with Gasteiger partial charge in [0.1, 0.15) is 6.04 Å². The molecule has 0 saturated carbocycles. The molecule has 2 fully saturated rings. The van der Waals surface area contributed by atoms with Crippen LogP contribution < -0.4 is 5.32 Å². The van der Waals surface area contributed by atoms with Gasteiger partial charge in [0.2, 0.25) is 11.8 Å². The maximum absolute atomic E-state index is 12.5. The average molecular weight is 253 g/mol. The number of hydrogen-bond donors (Lipinski definition) is 1. The van der Waals surface area contributed by atoms with E-state index >= 15 is 0 Å². The molecule has 1 atom stereocenters. The van der Waals surface area contributed by atoms with Gasteiger partial charge in [0, 0.05) is 39.1 Å². The second-order valence-electron chi connectivity index (χ2n) is 5.03. The molecule has 1 unspecified atom stereocenters. The van der Waals surface area contributed by atoms with Crippen LogP contribution in [0.15, 0.2) is 0 Å². The summed E-state index contributed by atoms with van der Waals surface area (Å²) in [4.78, 5) is 28.1. The van der Waals surface area contributed by atoms with E-state index in [1.165, 1.54) is 0 Å². The smallest absolute Gasteiger partial charge is 0.245 e.